The number of hydrogen-bond acceptors (Lipinski definition) is 3. The van der Waals surface area contributed by atoms with Crippen LogP contribution in [0, 0.1) is 5.92 Å². The zero-order valence-corrected chi connectivity index (χ0v) is 13.1. The van der Waals surface area contributed by atoms with Crippen molar-refractivity contribution in [1.29, 1.82) is 0 Å². The largest absolute Gasteiger partial charge is 0.335 e. The SMILES string of the molecule is C[C@@H]1CN(C(=O)c2nn(C)c3ccccc23)C[C@@H]1N(C)C. The van der Waals surface area contributed by atoms with Crippen molar-refractivity contribution in [2.24, 2.45) is 13.0 Å². The van der Waals surface area contributed by atoms with Gasteiger partial charge in [0.1, 0.15) is 0 Å². The average Bonchev–Trinajstić information content (AvgIpc) is 3.00. The molecule has 0 radical (unpaired) electrons. The first kappa shape index (κ1) is 14.1. The van der Waals surface area contributed by atoms with Crippen molar-refractivity contribution in [3.8, 4) is 0 Å². The number of likely N-dealkylation sites (N-methyl/N-ethyl adjacent to an activating group) is 1. The van der Waals surface area contributed by atoms with E-state index in [2.05, 4.69) is 31.0 Å². The van der Waals surface area contributed by atoms with Gasteiger partial charge in [0.2, 0.25) is 0 Å². The summed E-state index contributed by atoms with van der Waals surface area (Å²) in [7, 11) is 6.03. The van der Waals surface area contributed by atoms with Crippen LogP contribution in [0.1, 0.15) is 17.4 Å². The maximum Gasteiger partial charge on any atom is 0.275 e. The summed E-state index contributed by atoms with van der Waals surface area (Å²) in [6, 6.07) is 8.31. The van der Waals surface area contributed by atoms with Crippen LogP contribution in [-0.2, 0) is 7.05 Å². The van der Waals surface area contributed by atoms with Crippen LogP contribution < -0.4 is 0 Å². The second-order valence-electron chi connectivity index (χ2n) is 6.21. The van der Waals surface area contributed by atoms with Gasteiger partial charge in [-0.25, -0.2) is 0 Å². The molecule has 2 heterocycles. The van der Waals surface area contributed by atoms with Crippen LogP contribution in [0.5, 0.6) is 0 Å². The third-order valence-electron chi connectivity index (χ3n) is 4.48. The average molecular weight is 286 g/mol. The van der Waals surface area contributed by atoms with Gasteiger partial charge < -0.3 is 9.80 Å². The van der Waals surface area contributed by atoms with Crippen LogP contribution in [0.15, 0.2) is 24.3 Å². The standard InChI is InChI=1S/C16H22N4O/c1-11-9-20(10-14(11)18(2)3)16(21)15-12-7-5-6-8-13(12)19(4)17-15/h5-8,11,14H,9-10H2,1-4H3/t11-,14+/m1/s1. The molecule has 1 aromatic heterocycles. The lowest BCUT2D eigenvalue weighted by molar-refractivity contribution is 0.0776. The normalized spacial score (nSPS) is 22.4. The minimum Gasteiger partial charge on any atom is -0.335 e. The molecule has 0 N–H and O–H groups in total. The highest BCUT2D eigenvalue weighted by Crippen LogP contribution is 2.24. The second kappa shape index (κ2) is 5.15. The molecule has 21 heavy (non-hydrogen) atoms. The third kappa shape index (κ3) is 2.31. The Labute approximate surface area is 125 Å². The van der Waals surface area contributed by atoms with Gasteiger partial charge in [0.05, 0.1) is 5.52 Å². The van der Waals surface area contributed by atoms with Crippen molar-refractivity contribution in [3.05, 3.63) is 30.0 Å². The molecule has 1 fully saturated rings. The molecule has 1 amide bonds. The Balaban J connectivity index is 1.92. The molecule has 2 atom stereocenters. The van der Waals surface area contributed by atoms with Crippen molar-refractivity contribution in [2.45, 2.75) is 13.0 Å². The van der Waals surface area contributed by atoms with Gasteiger partial charge in [0.25, 0.3) is 5.91 Å². The van der Waals surface area contributed by atoms with E-state index in [1.807, 2.05) is 36.2 Å². The number of amides is 1. The lowest BCUT2D eigenvalue weighted by Crippen LogP contribution is -2.36. The lowest BCUT2D eigenvalue weighted by Gasteiger charge is -2.22. The Morgan fingerprint density at radius 2 is 2.00 bits per heavy atom. The number of carbonyl (C=O) groups excluding carboxylic acids is 1. The fraction of sp³-hybridized carbons (Fsp3) is 0.500. The number of aromatic nitrogens is 2. The van der Waals surface area contributed by atoms with Gasteiger partial charge in [-0.05, 0) is 26.1 Å². The molecule has 0 saturated carbocycles. The van der Waals surface area contributed by atoms with Gasteiger partial charge in [-0.2, -0.15) is 5.10 Å². The quantitative estimate of drug-likeness (QED) is 0.842. The zero-order valence-electron chi connectivity index (χ0n) is 13.1. The molecule has 5 nitrogen and oxygen atoms in total. The molecular weight excluding hydrogens is 264 g/mol. The summed E-state index contributed by atoms with van der Waals surface area (Å²) in [6.07, 6.45) is 0. The summed E-state index contributed by atoms with van der Waals surface area (Å²) in [5.74, 6) is 0.530. The van der Waals surface area contributed by atoms with Gasteiger partial charge in [0, 0.05) is 31.6 Å². The minimum absolute atomic E-state index is 0.0444. The van der Waals surface area contributed by atoms with Crippen LogP contribution >= 0.6 is 0 Å². The summed E-state index contributed by atoms with van der Waals surface area (Å²) < 4.78 is 1.78. The van der Waals surface area contributed by atoms with Gasteiger partial charge >= 0.3 is 0 Å². The molecule has 2 aromatic rings. The Kier molecular flexibility index (Phi) is 3.45. The molecule has 3 rings (SSSR count). The number of para-hydroxylation sites is 1. The minimum atomic E-state index is 0.0444. The van der Waals surface area contributed by atoms with E-state index in [1.165, 1.54) is 0 Å². The smallest absolute Gasteiger partial charge is 0.275 e. The van der Waals surface area contributed by atoms with Crippen LogP contribution in [0.25, 0.3) is 10.9 Å². The maximum atomic E-state index is 12.8. The molecule has 1 aliphatic heterocycles. The Hall–Kier alpha value is -1.88. The molecule has 0 bridgehead atoms. The van der Waals surface area contributed by atoms with E-state index in [4.69, 9.17) is 0 Å². The van der Waals surface area contributed by atoms with Gasteiger partial charge in [-0.1, -0.05) is 25.1 Å². The van der Waals surface area contributed by atoms with Crippen LogP contribution in [-0.4, -0.2) is 58.7 Å². The molecule has 1 aromatic carbocycles. The number of benzene rings is 1. The number of nitrogens with zero attached hydrogens (tertiary/aromatic N) is 4. The maximum absolute atomic E-state index is 12.8. The predicted octanol–water partition coefficient (Wildman–Crippen LogP) is 1.60. The summed E-state index contributed by atoms with van der Waals surface area (Å²) in [4.78, 5) is 17.0. The molecule has 0 unspecified atom stereocenters. The second-order valence-corrected chi connectivity index (χ2v) is 6.21. The monoisotopic (exact) mass is 286 g/mol. The summed E-state index contributed by atoms with van der Waals surface area (Å²) in [5, 5.41) is 5.38. The summed E-state index contributed by atoms with van der Waals surface area (Å²) in [5.41, 5.74) is 1.57. The fourth-order valence-corrected chi connectivity index (χ4v) is 3.31. The first-order valence-electron chi connectivity index (χ1n) is 7.36. The highest BCUT2D eigenvalue weighted by atomic mass is 16.2. The highest BCUT2D eigenvalue weighted by Gasteiger charge is 2.35. The van der Waals surface area contributed by atoms with Gasteiger partial charge in [-0.15, -0.1) is 0 Å². The van der Waals surface area contributed by atoms with Crippen molar-refractivity contribution in [3.63, 3.8) is 0 Å². The van der Waals surface area contributed by atoms with Gasteiger partial charge in [-0.3, -0.25) is 9.48 Å². The number of carbonyl (C=O) groups is 1. The van der Waals surface area contributed by atoms with Crippen molar-refractivity contribution in [2.75, 3.05) is 27.2 Å². The first-order valence-corrected chi connectivity index (χ1v) is 7.36. The Bertz CT molecular complexity index is 676. The molecular formula is C16H22N4O. The number of hydrogen-bond donors (Lipinski definition) is 0. The van der Waals surface area contributed by atoms with Crippen LogP contribution in [0.3, 0.4) is 0 Å². The van der Waals surface area contributed by atoms with E-state index >= 15 is 0 Å². The number of likely N-dealkylation sites (tertiary alicyclic amines) is 1. The molecule has 112 valence electrons. The Morgan fingerprint density at radius 1 is 1.29 bits per heavy atom. The summed E-state index contributed by atoms with van der Waals surface area (Å²) >= 11 is 0. The van der Waals surface area contributed by atoms with Crippen molar-refractivity contribution in [1.82, 2.24) is 19.6 Å². The van der Waals surface area contributed by atoms with Crippen molar-refractivity contribution >= 4 is 16.8 Å². The fourth-order valence-electron chi connectivity index (χ4n) is 3.31. The molecule has 0 spiro atoms. The van der Waals surface area contributed by atoms with E-state index in [9.17, 15) is 4.79 Å². The van der Waals surface area contributed by atoms with E-state index in [1.54, 1.807) is 4.68 Å². The molecule has 5 heteroatoms. The van der Waals surface area contributed by atoms with E-state index in [-0.39, 0.29) is 5.91 Å². The van der Waals surface area contributed by atoms with Crippen LogP contribution in [0.2, 0.25) is 0 Å². The van der Waals surface area contributed by atoms with E-state index < -0.39 is 0 Å². The van der Waals surface area contributed by atoms with Crippen molar-refractivity contribution < 1.29 is 4.79 Å². The topological polar surface area (TPSA) is 41.4 Å². The molecule has 1 saturated heterocycles. The lowest BCUT2D eigenvalue weighted by atomic mass is 10.1. The summed E-state index contributed by atoms with van der Waals surface area (Å²) in [6.45, 7) is 3.78. The van der Waals surface area contributed by atoms with E-state index in [0.717, 1.165) is 24.0 Å². The van der Waals surface area contributed by atoms with E-state index in [0.29, 0.717) is 17.7 Å². The Morgan fingerprint density at radius 3 is 2.67 bits per heavy atom. The first-order chi connectivity index (χ1) is 9.99. The number of rotatable bonds is 2. The van der Waals surface area contributed by atoms with Crippen LogP contribution in [0.4, 0.5) is 0 Å². The van der Waals surface area contributed by atoms with Gasteiger partial charge in [0.15, 0.2) is 5.69 Å². The zero-order chi connectivity index (χ0) is 15.1. The molecule has 0 aliphatic carbocycles. The predicted molar refractivity (Wildman–Crippen MR) is 83.3 cm³/mol. The number of fused-ring (bicyclic) bond motifs is 1. The number of aryl methyl sites for hydroxylation is 1. The molecule has 1 aliphatic rings. The highest BCUT2D eigenvalue weighted by molar-refractivity contribution is 6.04. The third-order valence-corrected chi connectivity index (χ3v) is 4.48.